The molecule has 0 unspecified atom stereocenters. The molecule has 11 nitrogen and oxygen atoms in total. The molecule has 2 aromatic rings. The Kier molecular flexibility index (Phi) is 10.5. The second-order valence-corrected chi connectivity index (χ2v) is 13.5. The zero-order valence-electron chi connectivity index (χ0n) is 27.4. The van der Waals surface area contributed by atoms with Gasteiger partial charge >= 0.3 is 5.97 Å². The molecule has 47 heavy (non-hydrogen) atoms. The number of rotatable bonds is 12. The lowest BCUT2D eigenvalue weighted by Gasteiger charge is -2.34. The Hall–Kier alpha value is -4.41. The number of carboxylic acid groups (broad SMARTS) is 1. The number of amides is 4. The van der Waals surface area contributed by atoms with Crippen LogP contribution in [0.15, 0.2) is 54.6 Å². The average molecular weight is 647 g/mol. The van der Waals surface area contributed by atoms with Gasteiger partial charge in [-0.25, -0.2) is 4.79 Å². The van der Waals surface area contributed by atoms with Crippen LogP contribution in [0.4, 0.5) is 0 Å². The highest BCUT2D eigenvalue weighted by atomic mass is 16.5. The number of likely N-dealkylation sites (tertiary alicyclic amines) is 1. The van der Waals surface area contributed by atoms with Crippen LogP contribution in [0, 0.1) is 11.8 Å². The summed E-state index contributed by atoms with van der Waals surface area (Å²) in [6.45, 7) is 5.07. The molecule has 2 saturated carbocycles. The van der Waals surface area contributed by atoms with Gasteiger partial charge in [-0.2, -0.15) is 0 Å². The first-order valence-corrected chi connectivity index (χ1v) is 16.7. The molecule has 4 N–H and O–H groups in total. The average Bonchev–Trinajstić information content (AvgIpc) is 3.73. The van der Waals surface area contributed by atoms with Gasteiger partial charge in [-0.1, -0.05) is 81.6 Å². The quantitative estimate of drug-likeness (QED) is 0.275. The molecular formula is C36H46N4O7. The van der Waals surface area contributed by atoms with E-state index in [9.17, 15) is 29.1 Å². The molecule has 0 bridgehead atoms. The number of nitrogens with zero attached hydrogens (tertiary/aromatic N) is 1. The molecule has 5 rings (SSSR count). The van der Waals surface area contributed by atoms with Gasteiger partial charge in [0, 0.05) is 18.9 Å². The molecule has 2 aliphatic carbocycles. The Morgan fingerprint density at radius 3 is 2.19 bits per heavy atom. The Bertz CT molecular complexity index is 1470. The van der Waals surface area contributed by atoms with Crippen LogP contribution in [0.3, 0.4) is 0 Å². The van der Waals surface area contributed by atoms with Crippen molar-refractivity contribution in [1.82, 2.24) is 20.9 Å². The van der Waals surface area contributed by atoms with Crippen molar-refractivity contribution >= 4 is 29.6 Å². The van der Waals surface area contributed by atoms with Crippen LogP contribution in [-0.2, 0) is 24.0 Å². The van der Waals surface area contributed by atoms with Gasteiger partial charge in [-0.3, -0.25) is 19.2 Å². The minimum absolute atomic E-state index is 0.0332. The van der Waals surface area contributed by atoms with E-state index in [4.69, 9.17) is 4.74 Å². The summed E-state index contributed by atoms with van der Waals surface area (Å²) in [4.78, 5) is 67.2. The van der Waals surface area contributed by atoms with Crippen molar-refractivity contribution in [3.63, 3.8) is 0 Å². The minimum atomic E-state index is -1.33. The first-order chi connectivity index (χ1) is 22.5. The summed E-state index contributed by atoms with van der Waals surface area (Å²) >= 11 is 0. The highest BCUT2D eigenvalue weighted by Crippen LogP contribution is 2.37. The van der Waals surface area contributed by atoms with Crippen molar-refractivity contribution in [3.8, 4) is 16.9 Å². The second-order valence-electron chi connectivity index (χ2n) is 13.5. The molecule has 4 amide bonds. The van der Waals surface area contributed by atoms with E-state index in [1.165, 1.54) is 11.8 Å². The number of hydrogen-bond acceptors (Lipinski definition) is 6. The Labute approximate surface area is 275 Å². The van der Waals surface area contributed by atoms with E-state index in [-0.39, 0.29) is 30.7 Å². The van der Waals surface area contributed by atoms with Gasteiger partial charge in [0.1, 0.15) is 35.5 Å². The van der Waals surface area contributed by atoms with Gasteiger partial charge in [0.15, 0.2) is 0 Å². The zero-order valence-corrected chi connectivity index (χ0v) is 27.4. The van der Waals surface area contributed by atoms with Gasteiger partial charge in [0.05, 0.1) is 6.54 Å². The topological polar surface area (TPSA) is 154 Å². The predicted octanol–water partition coefficient (Wildman–Crippen LogP) is 3.66. The number of nitrogens with one attached hydrogen (secondary N) is 3. The molecule has 4 atom stereocenters. The fraction of sp³-hybridized carbons (Fsp3) is 0.528. The molecule has 0 spiro atoms. The first kappa shape index (κ1) is 33.9. The summed E-state index contributed by atoms with van der Waals surface area (Å²) < 4.78 is 6.47. The van der Waals surface area contributed by atoms with Crippen LogP contribution >= 0.6 is 0 Å². The standard InChI is InChI=1S/C36H46N4O7/c1-22(2)30(38-33(43)31(37-23(3)41)25-14-8-5-9-15-25)34(44)40-21-26(20-28(40)32(42)39-36(18-19-36)35(45)46)47-29-17-11-10-16-27(29)24-12-6-4-7-13-24/h4,6-7,10-13,16-17,22,25-26,28,30-31H,5,8-9,14-15,18-21H2,1-3H3,(H,37,41)(H,38,43)(H,39,42)(H,45,46)/t26-,28+,30+,31+/m1/s1. The lowest BCUT2D eigenvalue weighted by molar-refractivity contribution is -0.146. The van der Waals surface area contributed by atoms with Crippen molar-refractivity contribution in [2.75, 3.05) is 6.54 Å². The van der Waals surface area contributed by atoms with Crippen molar-refractivity contribution in [3.05, 3.63) is 54.6 Å². The van der Waals surface area contributed by atoms with E-state index < -0.39 is 53.5 Å². The summed E-state index contributed by atoms with van der Waals surface area (Å²) in [6, 6.07) is 14.5. The molecule has 1 heterocycles. The Morgan fingerprint density at radius 1 is 0.915 bits per heavy atom. The Balaban J connectivity index is 1.39. The van der Waals surface area contributed by atoms with Crippen molar-refractivity contribution in [2.24, 2.45) is 11.8 Å². The summed E-state index contributed by atoms with van der Waals surface area (Å²) in [6.07, 6.45) is 4.84. The Morgan fingerprint density at radius 2 is 1.57 bits per heavy atom. The molecule has 3 aliphatic rings. The summed E-state index contributed by atoms with van der Waals surface area (Å²) in [5, 5.41) is 18.2. The van der Waals surface area contributed by atoms with Crippen LogP contribution in [0.1, 0.15) is 72.1 Å². The number of carbonyl (C=O) groups is 5. The monoisotopic (exact) mass is 646 g/mol. The highest BCUT2D eigenvalue weighted by molar-refractivity contribution is 5.97. The molecule has 1 saturated heterocycles. The SMILES string of the molecule is CC(=O)N[C@H](C(=O)N[C@H](C(=O)N1C[C@H](Oc2ccccc2-c2ccccc2)C[C@H]1C(=O)NC1(C(=O)O)CC1)C(C)C)C1CCCCC1. The number of aliphatic carboxylic acids is 1. The number of hydrogen-bond donors (Lipinski definition) is 4. The smallest absolute Gasteiger partial charge is 0.329 e. The van der Waals surface area contributed by atoms with Crippen molar-refractivity contribution < 1.29 is 33.8 Å². The number of benzene rings is 2. The molecule has 252 valence electrons. The van der Waals surface area contributed by atoms with Gasteiger partial charge in [-0.05, 0) is 49.1 Å². The van der Waals surface area contributed by atoms with Crippen LogP contribution in [0.25, 0.3) is 11.1 Å². The summed E-state index contributed by atoms with van der Waals surface area (Å²) in [7, 11) is 0. The summed E-state index contributed by atoms with van der Waals surface area (Å²) in [5.41, 5.74) is 0.484. The maximum absolute atomic E-state index is 14.3. The van der Waals surface area contributed by atoms with Crippen LogP contribution in [0.5, 0.6) is 5.75 Å². The largest absolute Gasteiger partial charge is 0.488 e. The van der Waals surface area contributed by atoms with Crippen LogP contribution in [-0.4, -0.2) is 75.9 Å². The van der Waals surface area contributed by atoms with E-state index in [1.54, 1.807) is 0 Å². The molecule has 0 aromatic heterocycles. The van der Waals surface area contributed by atoms with E-state index in [0.717, 1.165) is 43.2 Å². The van der Waals surface area contributed by atoms with Crippen LogP contribution < -0.4 is 20.7 Å². The number of ether oxygens (including phenoxy) is 1. The molecule has 2 aromatic carbocycles. The molecule has 0 radical (unpaired) electrons. The van der Waals surface area contributed by atoms with Crippen molar-refractivity contribution in [1.29, 1.82) is 0 Å². The molecular weight excluding hydrogens is 600 g/mol. The third-order valence-corrected chi connectivity index (χ3v) is 9.63. The van der Waals surface area contributed by atoms with E-state index in [2.05, 4.69) is 16.0 Å². The number of para-hydroxylation sites is 1. The van der Waals surface area contributed by atoms with Gasteiger partial charge in [0.25, 0.3) is 0 Å². The van der Waals surface area contributed by atoms with Gasteiger partial charge in [-0.15, -0.1) is 0 Å². The lowest BCUT2D eigenvalue weighted by atomic mass is 9.83. The fourth-order valence-corrected chi connectivity index (χ4v) is 6.84. The summed E-state index contributed by atoms with van der Waals surface area (Å²) in [5.74, 6) is -2.64. The van der Waals surface area contributed by atoms with Gasteiger partial charge < -0.3 is 30.7 Å². The zero-order chi connectivity index (χ0) is 33.7. The second kappa shape index (κ2) is 14.6. The number of carboxylic acids is 1. The first-order valence-electron chi connectivity index (χ1n) is 16.7. The van der Waals surface area contributed by atoms with Crippen LogP contribution in [0.2, 0.25) is 0 Å². The molecule has 11 heteroatoms. The lowest BCUT2D eigenvalue weighted by Crippen LogP contribution is -2.60. The predicted molar refractivity (Wildman–Crippen MR) is 175 cm³/mol. The van der Waals surface area contributed by atoms with Crippen molar-refractivity contribution in [2.45, 2.75) is 102 Å². The third-order valence-electron chi connectivity index (χ3n) is 9.63. The fourth-order valence-electron chi connectivity index (χ4n) is 6.84. The highest BCUT2D eigenvalue weighted by Gasteiger charge is 2.54. The number of carbonyl (C=O) groups excluding carboxylic acids is 4. The molecule has 1 aliphatic heterocycles. The van der Waals surface area contributed by atoms with E-state index in [1.807, 2.05) is 68.4 Å². The minimum Gasteiger partial charge on any atom is -0.488 e. The van der Waals surface area contributed by atoms with E-state index >= 15 is 0 Å². The maximum Gasteiger partial charge on any atom is 0.329 e. The third kappa shape index (κ3) is 7.94. The van der Waals surface area contributed by atoms with Gasteiger partial charge in [0.2, 0.25) is 23.6 Å². The van der Waals surface area contributed by atoms with E-state index in [0.29, 0.717) is 18.6 Å². The maximum atomic E-state index is 14.3. The normalized spacial score (nSPS) is 21.7. The molecule has 3 fully saturated rings.